The van der Waals surface area contributed by atoms with Crippen molar-refractivity contribution >= 4 is 53.4 Å². The first-order valence-electron chi connectivity index (χ1n) is 9.73. The third-order valence-electron chi connectivity index (χ3n) is 4.70. The number of non-ortho nitro benzene ring substituents is 1. The third-order valence-corrected chi connectivity index (χ3v) is 5.44. The molecule has 182 valence electrons. The van der Waals surface area contributed by atoms with Crippen molar-refractivity contribution in [3.8, 4) is 0 Å². The first-order valence-corrected chi connectivity index (χ1v) is 10.5. The van der Waals surface area contributed by atoms with Gasteiger partial charge < -0.3 is 10.6 Å². The van der Waals surface area contributed by atoms with Crippen molar-refractivity contribution in [2.75, 3.05) is 10.6 Å². The Kier molecular flexibility index (Phi) is 7.87. The number of nitro benzene ring substituents is 1. The molecule has 0 heterocycles. The van der Waals surface area contributed by atoms with Crippen molar-refractivity contribution in [3.63, 3.8) is 0 Å². The quantitative estimate of drug-likeness (QED) is 0.199. The maximum Gasteiger partial charge on any atom is 0.416 e. The lowest BCUT2D eigenvalue weighted by Crippen LogP contribution is -2.38. The Morgan fingerprint density at radius 2 is 1.63 bits per heavy atom. The number of nitrogens with zero attached hydrogens (tertiary/aromatic N) is 2. The van der Waals surface area contributed by atoms with Crippen LogP contribution in [0.25, 0.3) is 0 Å². The van der Waals surface area contributed by atoms with E-state index in [1.807, 2.05) is 0 Å². The lowest BCUT2D eigenvalue weighted by Gasteiger charge is -2.26. The zero-order chi connectivity index (χ0) is 25.8. The van der Waals surface area contributed by atoms with Crippen molar-refractivity contribution in [2.24, 2.45) is 0 Å². The summed E-state index contributed by atoms with van der Waals surface area (Å²) in [6.07, 6.45) is -4.54. The molecule has 0 aliphatic rings. The zero-order valence-corrected chi connectivity index (χ0v) is 19.1. The van der Waals surface area contributed by atoms with Crippen LogP contribution >= 0.6 is 24.4 Å². The van der Waals surface area contributed by atoms with Crippen LogP contribution < -0.4 is 10.6 Å². The van der Waals surface area contributed by atoms with E-state index >= 15 is 0 Å². The van der Waals surface area contributed by atoms with Gasteiger partial charge in [-0.2, -0.15) is 13.2 Å². The summed E-state index contributed by atoms with van der Waals surface area (Å²) >= 11 is 10.2. The molecule has 0 aliphatic carbocycles. The number of rotatable bonds is 6. The van der Waals surface area contributed by atoms with Crippen LogP contribution in [-0.2, 0) is 11.0 Å². The summed E-state index contributed by atoms with van der Waals surface area (Å²) in [6, 6.07) is 12.9. The molecule has 0 fully saturated rings. The monoisotopic (exact) mass is 524 g/mol. The first kappa shape index (κ1) is 25.8. The van der Waals surface area contributed by atoms with E-state index in [9.17, 15) is 32.9 Å². The van der Waals surface area contributed by atoms with E-state index in [0.29, 0.717) is 5.56 Å². The number of amides is 3. The average Bonchev–Trinajstić information content (AvgIpc) is 2.80. The highest BCUT2D eigenvalue weighted by molar-refractivity contribution is 7.78. The second-order valence-corrected chi connectivity index (χ2v) is 7.91. The fourth-order valence-corrected chi connectivity index (χ4v) is 3.46. The molecular weight excluding hydrogens is 509 g/mol. The van der Waals surface area contributed by atoms with Gasteiger partial charge in [0.2, 0.25) is 0 Å². The fourth-order valence-electron chi connectivity index (χ4n) is 3.00. The molecule has 3 aromatic carbocycles. The first-order chi connectivity index (χ1) is 16.5. The minimum atomic E-state index is -4.54. The number of hydrogen-bond donors (Lipinski definition) is 3. The van der Waals surface area contributed by atoms with Gasteiger partial charge in [0.15, 0.2) is 0 Å². The van der Waals surface area contributed by atoms with Gasteiger partial charge in [-0.1, -0.05) is 54.7 Å². The smallest absolute Gasteiger partial charge is 0.324 e. The number of nitro groups is 1. The largest absolute Gasteiger partial charge is 0.416 e. The van der Waals surface area contributed by atoms with Crippen LogP contribution in [0.1, 0.15) is 17.2 Å². The predicted octanol–water partition coefficient (Wildman–Crippen LogP) is 6.33. The van der Waals surface area contributed by atoms with Crippen LogP contribution in [0.5, 0.6) is 0 Å². The average molecular weight is 525 g/mol. The Bertz CT molecular complexity index is 1240. The molecule has 1 unspecified atom stereocenters. The van der Waals surface area contributed by atoms with E-state index in [0.717, 1.165) is 40.7 Å². The second kappa shape index (κ2) is 10.7. The highest BCUT2D eigenvalue weighted by Crippen LogP contribution is 2.32. The van der Waals surface area contributed by atoms with E-state index in [2.05, 4.69) is 23.4 Å². The van der Waals surface area contributed by atoms with Gasteiger partial charge in [0.1, 0.15) is 6.04 Å². The molecule has 0 saturated heterocycles. The predicted molar refractivity (Wildman–Crippen MR) is 127 cm³/mol. The molecular formula is C22H16ClF3N4O4S. The van der Waals surface area contributed by atoms with E-state index in [1.165, 1.54) is 6.07 Å². The van der Waals surface area contributed by atoms with Crippen molar-refractivity contribution in [1.82, 2.24) is 4.31 Å². The van der Waals surface area contributed by atoms with E-state index in [1.54, 1.807) is 30.3 Å². The van der Waals surface area contributed by atoms with Gasteiger partial charge in [0.05, 0.1) is 21.2 Å². The Balaban J connectivity index is 1.85. The van der Waals surface area contributed by atoms with Gasteiger partial charge in [-0.3, -0.25) is 19.2 Å². The number of alkyl halides is 3. The Hall–Kier alpha value is -3.77. The Labute approximate surface area is 207 Å². The molecule has 3 amide bonds. The van der Waals surface area contributed by atoms with Crippen LogP contribution in [0.3, 0.4) is 0 Å². The van der Waals surface area contributed by atoms with Crippen molar-refractivity contribution in [3.05, 3.63) is 99.1 Å². The molecule has 0 saturated carbocycles. The van der Waals surface area contributed by atoms with Crippen LogP contribution in [0.15, 0.2) is 72.8 Å². The van der Waals surface area contributed by atoms with Crippen LogP contribution in [0, 0.1) is 10.1 Å². The fraction of sp³-hybridized carbons (Fsp3) is 0.0909. The molecule has 0 aliphatic heterocycles. The number of carbonyl (C=O) groups is 2. The summed E-state index contributed by atoms with van der Waals surface area (Å²) in [4.78, 5) is 36.3. The van der Waals surface area contributed by atoms with Gasteiger partial charge >= 0.3 is 12.2 Å². The van der Waals surface area contributed by atoms with Gasteiger partial charge in [0, 0.05) is 17.8 Å². The molecule has 0 bridgehead atoms. The number of urea groups is 1. The van der Waals surface area contributed by atoms with E-state index in [-0.39, 0.29) is 22.1 Å². The molecule has 2 N–H and O–H groups in total. The number of hydrogen-bond acceptors (Lipinski definition) is 5. The maximum absolute atomic E-state index is 13.1. The SMILES string of the molecule is O=C(Nc1ccc(C(F)(F)F)cc1)C(c1ccccc1)N(S)C(=O)Nc1cc([N+](=O)[O-])ccc1Cl. The highest BCUT2D eigenvalue weighted by Gasteiger charge is 2.32. The molecule has 8 nitrogen and oxygen atoms in total. The Morgan fingerprint density at radius 1 is 1.00 bits per heavy atom. The second-order valence-electron chi connectivity index (χ2n) is 7.07. The lowest BCUT2D eigenvalue weighted by atomic mass is 10.1. The number of anilines is 2. The van der Waals surface area contributed by atoms with E-state index in [4.69, 9.17) is 11.6 Å². The van der Waals surface area contributed by atoms with Crippen LogP contribution in [-0.4, -0.2) is 21.2 Å². The molecule has 35 heavy (non-hydrogen) atoms. The lowest BCUT2D eigenvalue weighted by molar-refractivity contribution is -0.384. The summed E-state index contributed by atoms with van der Waals surface area (Å²) in [5.41, 5.74) is -0.894. The van der Waals surface area contributed by atoms with Crippen LogP contribution in [0.4, 0.5) is 35.0 Å². The maximum atomic E-state index is 13.1. The number of benzene rings is 3. The van der Waals surface area contributed by atoms with Crippen molar-refractivity contribution in [2.45, 2.75) is 12.2 Å². The van der Waals surface area contributed by atoms with E-state index < -0.39 is 34.6 Å². The molecule has 3 aromatic rings. The van der Waals surface area contributed by atoms with Gasteiger partial charge in [-0.25, -0.2) is 4.79 Å². The van der Waals surface area contributed by atoms with Crippen molar-refractivity contribution in [1.29, 1.82) is 0 Å². The van der Waals surface area contributed by atoms with Crippen molar-refractivity contribution < 1.29 is 27.7 Å². The highest BCUT2D eigenvalue weighted by atomic mass is 35.5. The number of thiol groups is 1. The van der Waals surface area contributed by atoms with Gasteiger partial charge in [-0.05, 0) is 35.9 Å². The number of halogens is 4. The minimum absolute atomic E-state index is 0.0103. The number of nitrogens with one attached hydrogen (secondary N) is 2. The molecule has 0 aromatic heterocycles. The summed E-state index contributed by atoms with van der Waals surface area (Å²) in [7, 11) is 0. The minimum Gasteiger partial charge on any atom is -0.324 e. The summed E-state index contributed by atoms with van der Waals surface area (Å²) < 4.78 is 39.2. The van der Waals surface area contributed by atoms with Crippen LogP contribution in [0.2, 0.25) is 5.02 Å². The summed E-state index contributed by atoms with van der Waals surface area (Å²) in [5, 5.41) is 15.9. The molecule has 1 atom stereocenters. The normalized spacial score (nSPS) is 11.9. The Morgan fingerprint density at radius 3 is 2.20 bits per heavy atom. The molecule has 13 heteroatoms. The number of carbonyl (C=O) groups excluding carboxylic acids is 2. The molecule has 0 radical (unpaired) electrons. The standard InChI is InChI=1S/C22H16ClF3N4O4S/c23-17-11-10-16(30(33)34)12-18(17)28-21(32)29(35)19(13-4-2-1-3-5-13)20(31)27-15-8-6-14(7-9-15)22(24,25)26/h1-12,19,35H,(H,27,31)(H,28,32). The molecule has 0 spiro atoms. The van der Waals surface area contributed by atoms with Gasteiger partial charge in [0.25, 0.3) is 11.6 Å². The van der Waals surface area contributed by atoms with Gasteiger partial charge in [-0.15, -0.1) is 0 Å². The topological polar surface area (TPSA) is 105 Å². The third kappa shape index (κ3) is 6.43. The molecule has 3 rings (SSSR count). The zero-order valence-electron chi connectivity index (χ0n) is 17.5. The summed E-state index contributed by atoms with van der Waals surface area (Å²) in [6.45, 7) is 0. The summed E-state index contributed by atoms with van der Waals surface area (Å²) in [5.74, 6) is -0.772.